The number of rotatable bonds is 6. The molecule has 1 aromatic heterocycles. The molecule has 5 nitrogen and oxygen atoms in total. The number of alkyl halides is 2. The van der Waals surface area contributed by atoms with E-state index in [1.807, 2.05) is 31.5 Å². The summed E-state index contributed by atoms with van der Waals surface area (Å²) < 4.78 is 32.0. The summed E-state index contributed by atoms with van der Waals surface area (Å²) >= 11 is 13.3. The Morgan fingerprint density at radius 3 is 2.56 bits per heavy atom. The van der Waals surface area contributed by atoms with Gasteiger partial charge < -0.3 is 14.2 Å². The Bertz CT molecular complexity index is 1340. The Hall–Kier alpha value is -2.64. The van der Waals surface area contributed by atoms with Gasteiger partial charge in [-0.3, -0.25) is 9.59 Å². The molecule has 1 aliphatic rings. The third-order valence-corrected chi connectivity index (χ3v) is 7.94. The van der Waals surface area contributed by atoms with Gasteiger partial charge in [0.05, 0.1) is 16.1 Å². The van der Waals surface area contributed by atoms with Crippen LogP contribution in [0.3, 0.4) is 0 Å². The Balaban J connectivity index is 1.64. The molecule has 192 valence electrons. The molecule has 1 saturated heterocycles. The zero-order chi connectivity index (χ0) is 26.3. The molecular formula is C27H28Cl2F2N2O3. The van der Waals surface area contributed by atoms with Crippen molar-refractivity contribution < 1.29 is 23.1 Å². The number of halogens is 4. The predicted molar refractivity (Wildman–Crippen MR) is 137 cm³/mol. The van der Waals surface area contributed by atoms with Crippen LogP contribution in [0, 0.1) is 18.8 Å². The largest absolute Gasteiger partial charge is 0.435 e. The number of fused-ring (bicyclic) bond motifs is 1. The summed E-state index contributed by atoms with van der Waals surface area (Å²) in [6.07, 6.45) is 0.976. The van der Waals surface area contributed by atoms with Crippen molar-refractivity contribution in [2.24, 2.45) is 18.9 Å². The number of aromatic nitrogens is 1. The van der Waals surface area contributed by atoms with Gasteiger partial charge in [-0.1, -0.05) is 30.1 Å². The fourth-order valence-corrected chi connectivity index (χ4v) is 5.77. The molecule has 9 heteroatoms. The molecular weight excluding hydrogens is 509 g/mol. The Labute approximate surface area is 218 Å². The van der Waals surface area contributed by atoms with Crippen LogP contribution in [0.2, 0.25) is 10.0 Å². The zero-order valence-corrected chi connectivity index (χ0v) is 22.1. The van der Waals surface area contributed by atoms with Gasteiger partial charge in [-0.15, -0.1) is 0 Å². The molecule has 2 heterocycles. The third kappa shape index (κ3) is 5.09. The number of hydrogen-bond donors (Lipinski definition) is 0. The van der Waals surface area contributed by atoms with E-state index in [4.69, 9.17) is 23.2 Å². The summed E-state index contributed by atoms with van der Waals surface area (Å²) in [4.78, 5) is 27.0. The van der Waals surface area contributed by atoms with Crippen molar-refractivity contribution in [2.45, 2.75) is 40.2 Å². The number of hydrogen-bond acceptors (Lipinski definition) is 3. The molecule has 0 saturated carbocycles. The van der Waals surface area contributed by atoms with Gasteiger partial charge in [-0.05, 0) is 61.6 Å². The molecule has 0 N–H and O–H groups in total. The van der Waals surface area contributed by atoms with Crippen molar-refractivity contribution in [1.29, 1.82) is 0 Å². The molecule has 0 spiro atoms. The van der Waals surface area contributed by atoms with Crippen LogP contribution in [0.5, 0.6) is 5.75 Å². The molecule has 1 aliphatic heterocycles. The van der Waals surface area contributed by atoms with Crippen LogP contribution in [0.4, 0.5) is 8.78 Å². The molecule has 2 unspecified atom stereocenters. The van der Waals surface area contributed by atoms with E-state index < -0.39 is 6.61 Å². The minimum Gasteiger partial charge on any atom is -0.435 e. The van der Waals surface area contributed by atoms with E-state index in [0.717, 1.165) is 22.2 Å². The molecule has 0 bridgehead atoms. The minimum absolute atomic E-state index is 0.0353. The van der Waals surface area contributed by atoms with Crippen LogP contribution < -0.4 is 4.74 Å². The number of benzene rings is 2. The molecule has 0 radical (unpaired) electrons. The van der Waals surface area contributed by atoms with Crippen LogP contribution in [-0.4, -0.2) is 40.9 Å². The molecule has 1 fully saturated rings. The number of carbonyl (C=O) groups excluding carboxylic acids is 2. The number of piperidine rings is 1. The lowest BCUT2D eigenvalue weighted by molar-refractivity contribution is -0.123. The summed E-state index contributed by atoms with van der Waals surface area (Å²) in [5, 5.41) is 1.62. The van der Waals surface area contributed by atoms with Crippen LogP contribution in [0.25, 0.3) is 10.9 Å². The smallest absolute Gasteiger partial charge is 0.387 e. The average molecular weight is 537 g/mol. The van der Waals surface area contributed by atoms with Crippen LogP contribution in [0.1, 0.15) is 47.4 Å². The molecule has 36 heavy (non-hydrogen) atoms. The second-order valence-corrected chi connectivity index (χ2v) is 10.3. The van der Waals surface area contributed by atoms with Gasteiger partial charge in [0.15, 0.2) is 0 Å². The van der Waals surface area contributed by atoms with Gasteiger partial charge in [0.1, 0.15) is 11.5 Å². The molecule has 2 atom stereocenters. The maximum absolute atomic E-state index is 13.4. The third-order valence-electron chi connectivity index (χ3n) is 7.16. The zero-order valence-electron chi connectivity index (χ0n) is 20.6. The Morgan fingerprint density at radius 2 is 1.92 bits per heavy atom. The molecule has 2 aromatic carbocycles. The number of nitrogens with zero attached hydrogens (tertiary/aromatic N) is 2. The van der Waals surface area contributed by atoms with Crippen LogP contribution in [0.15, 0.2) is 30.3 Å². The second-order valence-electron chi connectivity index (χ2n) is 9.54. The SMILES string of the molecule is CC(=O)C1CCN(C(=O)c2ccc(Cl)c(Cc3cc4c(C)cc(OC(F)F)cc4n3C)c2Cl)CC1C. The van der Waals surface area contributed by atoms with Gasteiger partial charge in [0.2, 0.25) is 0 Å². The summed E-state index contributed by atoms with van der Waals surface area (Å²) in [7, 11) is 1.83. The van der Waals surface area contributed by atoms with Gasteiger partial charge in [-0.2, -0.15) is 8.78 Å². The normalized spacial score (nSPS) is 18.2. The number of aryl methyl sites for hydroxylation is 2. The first-order chi connectivity index (χ1) is 17.0. The number of amides is 1. The summed E-state index contributed by atoms with van der Waals surface area (Å²) in [5.41, 5.74) is 3.37. The monoisotopic (exact) mass is 536 g/mol. The van der Waals surface area contributed by atoms with E-state index in [1.165, 1.54) is 0 Å². The van der Waals surface area contributed by atoms with Crippen molar-refractivity contribution >= 4 is 45.8 Å². The fraction of sp³-hybridized carbons (Fsp3) is 0.407. The first-order valence-corrected chi connectivity index (χ1v) is 12.5. The van der Waals surface area contributed by atoms with Gasteiger partial charge >= 0.3 is 6.61 Å². The highest BCUT2D eigenvalue weighted by Crippen LogP contribution is 2.35. The molecule has 1 amide bonds. The Kier molecular flexibility index (Phi) is 7.62. The lowest BCUT2D eigenvalue weighted by atomic mass is 9.84. The van der Waals surface area contributed by atoms with Gasteiger partial charge in [-0.25, -0.2) is 0 Å². The summed E-state index contributed by atoms with van der Waals surface area (Å²) in [5.74, 6) is 0.0951. The van der Waals surface area contributed by atoms with Gasteiger partial charge in [0.25, 0.3) is 5.91 Å². The number of ether oxygens (including phenoxy) is 1. The van der Waals surface area contributed by atoms with Crippen LogP contribution in [-0.2, 0) is 18.3 Å². The quantitative estimate of drug-likeness (QED) is 0.353. The highest BCUT2D eigenvalue weighted by molar-refractivity contribution is 6.38. The average Bonchev–Trinajstić information content (AvgIpc) is 3.11. The molecule has 4 rings (SSSR count). The van der Waals surface area contributed by atoms with E-state index in [2.05, 4.69) is 4.74 Å². The maximum atomic E-state index is 13.4. The standard InChI is InChI=1S/C27H28Cl2F2N2O3/c1-14-9-18(36-27(30)31)12-24-21(14)10-17(32(24)4)11-22-23(28)6-5-20(25(22)29)26(35)33-8-7-19(16(3)34)15(2)13-33/h5-6,9-10,12,15,19,27H,7-8,11,13H2,1-4H3. The lowest BCUT2D eigenvalue weighted by Crippen LogP contribution is -2.44. The van der Waals surface area contributed by atoms with Crippen LogP contribution >= 0.6 is 23.2 Å². The fourth-order valence-electron chi connectivity index (χ4n) is 5.18. The van der Waals surface area contributed by atoms with E-state index in [1.54, 1.807) is 36.1 Å². The van der Waals surface area contributed by atoms with Crippen molar-refractivity contribution in [3.05, 3.63) is 62.8 Å². The number of carbonyl (C=O) groups is 2. The second kappa shape index (κ2) is 10.4. The van der Waals surface area contributed by atoms with Crippen molar-refractivity contribution in [1.82, 2.24) is 9.47 Å². The van der Waals surface area contributed by atoms with E-state index >= 15 is 0 Å². The number of likely N-dealkylation sites (tertiary alicyclic amines) is 1. The highest BCUT2D eigenvalue weighted by atomic mass is 35.5. The maximum Gasteiger partial charge on any atom is 0.387 e. The van der Waals surface area contributed by atoms with Crippen molar-refractivity contribution in [3.63, 3.8) is 0 Å². The molecule has 3 aromatic rings. The Morgan fingerprint density at radius 1 is 1.19 bits per heavy atom. The topological polar surface area (TPSA) is 51.5 Å². The highest BCUT2D eigenvalue weighted by Gasteiger charge is 2.32. The molecule has 0 aliphatic carbocycles. The van der Waals surface area contributed by atoms with E-state index in [9.17, 15) is 18.4 Å². The van der Waals surface area contributed by atoms with E-state index in [0.29, 0.717) is 42.1 Å². The first kappa shape index (κ1) is 26.4. The predicted octanol–water partition coefficient (Wildman–Crippen LogP) is 6.67. The summed E-state index contributed by atoms with van der Waals surface area (Å²) in [6.45, 7) is 3.49. The minimum atomic E-state index is -2.91. The van der Waals surface area contributed by atoms with E-state index in [-0.39, 0.29) is 34.3 Å². The number of ketones is 1. The van der Waals surface area contributed by atoms with Crippen molar-refractivity contribution in [2.75, 3.05) is 13.1 Å². The van der Waals surface area contributed by atoms with Crippen molar-refractivity contribution in [3.8, 4) is 5.75 Å². The van der Waals surface area contributed by atoms with Gasteiger partial charge in [0, 0.05) is 54.6 Å². The first-order valence-electron chi connectivity index (χ1n) is 11.8. The summed E-state index contributed by atoms with van der Waals surface area (Å²) in [6, 6.07) is 8.43. The lowest BCUT2D eigenvalue weighted by Gasteiger charge is -2.36. The number of Topliss-reactive ketones (excluding diaryl/α,β-unsaturated/α-hetero) is 1.